The Bertz CT molecular complexity index is 757. The second kappa shape index (κ2) is 9.66. The van der Waals surface area contributed by atoms with Crippen molar-refractivity contribution in [3.8, 4) is 0 Å². The highest BCUT2D eigenvalue weighted by atomic mass is 16.5. The van der Waals surface area contributed by atoms with E-state index >= 15 is 0 Å². The van der Waals surface area contributed by atoms with E-state index in [0.29, 0.717) is 6.54 Å². The zero-order chi connectivity index (χ0) is 19.8. The SMILES string of the molecule is C=CCN1C(=O)c2ccc(C(=O)OCC(=O)NCCCCCC)cc2C1=O. The number of amides is 3. The molecule has 1 N–H and O–H groups in total. The smallest absolute Gasteiger partial charge is 0.338 e. The van der Waals surface area contributed by atoms with E-state index in [2.05, 4.69) is 18.8 Å². The fourth-order valence-corrected chi connectivity index (χ4v) is 2.76. The molecule has 3 amide bonds. The minimum atomic E-state index is -0.721. The van der Waals surface area contributed by atoms with Gasteiger partial charge in [-0.2, -0.15) is 0 Å². The van der Waals surface area contributed by atoms with Gasteiger partial charge in [0.1, 0.15) is 0 Å². The Balaban J connectivity index is 1.90. The van der Waals surface area contributed by atoms with E-state index in [1.54, 1.807) is 0 Å². The van der Waals surface area contributed by atoms with Crippen LogP contribution in [0.25, 0.3) is 0 Å². The molecule has 7 nitrogen and oxygen atoms in total. The van der Waals surface area contributed by atoms with Crippen molar-refractivity contribution in [1.82, 2.24) is 10.2 Å². The van der Waals surface area contributed by atoms with Crippen molar-refractivity contribution in [3.63, 3.8) is 0 Å². The fourth-order valence-electron chi connectivity index (χ4n) is 2.76. The number of benzene rings is 1. The van der Waals surface area contributed by atoms with Gasteiger partial charge in [-0.15, -0.1) is 6.58 Å². The maximum atomic E-state index is 12.3. The molecule has 144 valence electrons. The summed E-state index contributed by atoms with van der Waals surface area (Å²) in [4.78, 5) is 49.3. The van der Waals surface area contributed by atoms with Crippen molar-refractivity contribution in [3.05, 3.63) is 47.5 Å². The van der Waals surface area contributed by atoms with E-state index in [1.165, 1.54) is 24.3 Å². The van der Waals surface area contributed by atoms with E-state index in [-0.39, 0.29) is 35.7 Å². The van der Waals surface area contributed by atoms with Crippen LogP contribution in [0.15, 0.2) is 30.9 Å². The Kier molecular flexibility index (Phi) is 7.28. The Morgan fingerprint density at radius 1 is 1.15 bits per heavy atom. The molecular weight excluding hydrogens is 348 g/mol. The number of unbranched alkanes of at least 4 members (excludes halogenated alkanes) is 3. The zero-order valence-electron chi connectivity index (χ0n) is 15.5. The van der Waals surface area contributed by atoms with Crippen LogP contribution in [0.4, 0.5) is 0 Å². The minimum absolute atomic E-state index is 0.102. The summed E-state index contributed by atoms with van der Waals surface area (Å²) in [7, 11) is 0. The number of hydrogen-bond donors (Lipinski definition) is 1. The third-order valence-electron chi connectivity index (χ3n) is 4.20. The Morgan fingerprint density at radius 2 is 1.89 bits per heavy atom. The molecule has 27 heavy (non-hydrogen) atoms. The van der Waals surface area contributed by atoms with Gasteiger partial charge in [0.2, 0.25) is 0 Å². The molecule has 0 aromatic heterocycles. The van der Waals surface area contributed by atoms with E-state index < -0.39 is 17.8 Å². The number of nitrogens with zero attached hydrogens (tertiary/aromatic N) is 1. The van der Waals surface area contributed by atoms with Crippen LogP contribution >= 0.6 is 0 Å². The van der Waals surface area contributed by atoms with Crippen molar-refractivity contribution >= 4 is 23.7 Å². The molecule has 0 fully saturated rings. The average Bonchev–Trinajstić information content (AvgIpc) is 2.90. The number of fused-ring (bicyclic) bond motifs is 1. The number of hydrogen-bond acceptors (Lipinski definition) is 5. The maximum absolute atomic E-state index is 12.3. The van der Waals surface area contributed by atoms with E-state index in [9.17, 15) is 19.2 Å². The summed E-state index contributed by atoms with van der Waals surface area (Å²) in [5.41, 5.74) is 0.506. The van der Waals surface area contributed by atoms with Crippen LogP contribution in [0.1, 0.15) is 63.7 Å². The van der Waals surface area contributed by atoms with Crippen molar-refractivity contribution in [1.29, 1.82) is 0 Å². The normalized spacial score (nSPS) is 12.7. The first-order valence-electron chi connectivity index (χ1n) is 9.04. The lowest BCUT2D eigenvalue weighted by atomic mass is 10.1. The molecule has 1 aliphatic heterocycles. The maximum Gasteiger partial charge on any atom is 0.338 e. The highest BCUT2D eigenvalue weighted by molar-refractivity contribution is 6.22. The summed E-state index contributed by atoms with van der Waals surface area (Å²) in [5, 5.41) is 2.69. The zero-order valence-corrected chi connectivity index (χ0v) is 15.5. The lowest BCUT2D eigenvalue weighted by Gasteiger charge is -2.09. The molecule has 0 atom stereocenters. The fraction of sp³-hybridized carbons (Fsp3) is 0.400. The molecule has 0 aliphatic carbocycles. The van der Waals surface area contributed by atoms with Gasteiger partial charge in [0.15, 0.2) is 6.61 Å². The quantitative estimate of drug-likeness (QED) is 0.294. The number of nitrogens with one attached hydrogen (secondary N) is 1. The first-order valence-corrected chi connectivity index (χ1v) is 9.04. The monoisotopic (exact) mass is 372 g/mol. The van der Waals surface area contributed by atoms with Gasteiger partial charge >= 0.3 is 5.97 Å². The first kappa shape index (κ1) is 20.4. The molecule has 1 aromatic rings. The van der Waals surface area contributed by atoms with Crippen LogP contribution in [0, 0.1) is 0 Å². The molecule has 2 rings (SSSR count). The van der Waals surface area contributed by atoms with Crippen molar-refractivity contribution < 1.29 is 23.9 Å². The molecule has 0 spiro atoms. The van der Waals surface area contributed by atoms with Crippen LogP contribution < -0.4 is 5.32 Å². The molecule has 1 aliphatic rings. The predicted molar refractivity (Wildman–Crippen MR) is 99.4 cm³/mol. The number of esters is 1. The van der Waals surface area contributed by atoms with Crippen LogP contribution in [0.3, 0.4) is 0 Å². The first-order chi connectivity index (χ1) is 13.0. The standard InChI is InChI=1S/C20H24N2O5/c1-3-5-6-7-10-21-17(23)13-27-20(26)14-8-9-15-16(12-14)19(25)22(11-4-2)18(15)24/h4,8-9,12H,2-3,5-7,10-11,13H2,1H3,(H,21,23). The Labute approximate surface area is 158 Å². The summed E-state index contributed by atoms with van der Waals surface area (Å²) in [5.74, 6) is -1.99. The molecule has 7 heteroatoms. The van der Waals surface area contributed by atoms with E-state index in [4.69, 9.17) is 4.74 Å². The average molecular weight is 372 g/mol. The number of carbonyl (C=O) groups is 4. The Morgan fingerprint density at radius 3 is 2.59 bits per heavy atom. The van der Waals surface area contributed by atoms with Crippen molar-refractivity contribution in [2.24, 2.45) is 0 Å². The van der Waals surface area contributed by atoms with Crippen LogP contribution in [0.2, 0.25) is 0 Å². The molecule has 0 unspecified atom stereocenters. The van der Waals surface area contributed by atoms with Gasteiger partial charge in [0.05, 0.1) is 16.7 Å². The highest BCUT2D eigenvalue weighted by Gasteiger charge is 2.35. The number of ether oxygens (including phenoxy) is 1. The van der Waals surface area contributed by atoms with Gasteiger partial charge < -0.3 is 10.1 Å². The number of carbonyl (C=O) groups excluding carboxylic acids is 4. The summed E-state index contributed by atoms with van der Waals surface area (Å²) in [6.07, 6.45) is 5.62. The van der Waals surface area contributed by atoms with Crippen LogP contribution in [-0.4, -0.2) is 48.3 Å². The molecular formula is C20H24N2O5. The summed E-state index contributed by atoms with van der Waals surface area (Å²) in [6, 6.07) is 4.15. The lowest BCUT2D eigenvalue weighted by molar-refractivity contribution is -0.124. The highest BCUT2D eigenvalue weighted by Crippen LogP contribution is 2.24. The number of rotatable bonds is 10. The molecule has 0 radical (unpaired) electrons. The number of imide groups is 1. The second-order valence-corrected chi connectivity index (χ2v) is 6.26. The van der Waals surface area contributed by atoms with E-state index in [1.807, 2.05) is 0 Å². The van der Waals surface area contributed by atoms with Crippen molar-refractivity contribution in [2.75, 3.05) is 19.7 Å². The van der Waals surface area contributed by atoms with Crippen LogP contribution in [0.5, 0.6) is 0 Å². The largest absolute Gasteiger partial charge is 0.452 e. The summed E-state index contributed by atoms with van der Waals surface area (Å²) >= 11 is 0. The molecule has 0 saturated carbocycles. The van der Waals surface area contributed by atoms with Gasteiger partial charge in [-0.05, 0) is 24.6 Å². The molecule has 1 heterocycles. The molecule has 0 bridgehead atoms. The summed E-state index contributed by atoms with van der Waals surface area (Å²) in [6.45, 7) is 5.89. The van der Waals surface area contributed by atoms with Gasteiger partial charge in [-0.25, -0.2) is 4.79 Å². The Hall–Kier alpha value is -2.96. The predicted octanol–water partition coefficient (Wildman–Crippen LogP) is 2.32. The van der Waals surface area contributed by atoms with Crippen molar-refractivity contribution in [2.45, 2.75) is 32.6 Å². The van der Waals surface area contributed by atoms with Gasteiger partial charge in [0, 0.05) is 13.1 Å². The van der Waals surface area contributed by atoms with Gasteiger partial charge in [-0.3, -0.25) is 19.3 Å². The second-order valence-electron chi connectivity index (χ2n) is 6.26. The third-order valence-corrected chi connectivity index (χ3v) is 4.20. The van der Waals surface area contributed by atoms with Crippen LogP contribution in [-0.2, 0) is 9.53 Å². The van der Waals surface area contributed by atoms with E-state index in [0.717, 1.165) is 30.6 Å². The van der Waals surface area contributed by atoms with Gasteiger partial charge in [-0.1, -0.05) is 32.3 Å². The van der Waals surface area contributed by atoms with Gasteiger partial charge in [0.25, 0.3) is 17.7 Å². The summed E-state index contributed by atoms with van der Waals surface area (Å²) < 4.78 is 4.99. The third kappa shape index (κ3) is 5.03. The topological polar surface area (TPSA) is 92.8 Å². The molecule has 0 saturated heterocycles. The minimum Gasteiger partial charge on any atom is -0.452 e. The lowest BCUT2D eigenvalue weighted by Crippen LogP contribution is -2.29. The molecule has 1 aromatic carbocycles.